The van der Waals surface area contributed by atoms with Crippen LogP contribution in [0.15, 0.2) is 0 Å². The zero-order chi connectivity index (χ0) is 10.1. The van der Waals surface area contributed by atoms with E-state index in [0.717, 1.165) is 0 Å². The lowest BCUT2D eigenvalue weighted by Crippen LogP contribution is -2.39. The number of rotatable bonds is 3. The molecule has 1 aliphatic carbocycles. The van der Waals surface area contributed by atoms with Gasteiger partial charge in [0.1, 0.15) is 5.78 Å². The van der Waals surface area contributed by atoms with E-state index in [4.69, 9.17) is 0 Å². The summed E-state index contributed by atoms with van der Waals surface area (Å²) < 4.78 is 38.6. The Bertz CT molecular complexity index is 198. The van der Waals surface area contributed by atoms with Crippen molar-refractivity contribution in [2.75, 3.05) is 5.33 Å². The second kappa shape index (κ2) is 3.96. The molecule has 0 amide bonds. The highest BCUT2D eigenvalue weighted by molar-refractivity contribution is 9.09. The third-order valence-corrected chi connectivity index (χ3v) is 2.53. The van der Waals surface area contributed by atoms with E-state index in [0.29, 0.717) is 0 Å². The van der Waals surface area contributed by atoms with Gasteiger partial charge in [-0.2, -0.15) is 0 Å². The highest BCUT2D eigenvalue weighted by atomic mass is 79.9. The van der Waals surface area contributed by atoms with E-state index in [9.17, 15) is 18.0 Å². The van der Waals surface area contributed by atoms with Crippen LogP contribution >= 0.6 is 15.9 Å². The number of hydrogen-bond acceptors (Lipinski definition) is 2. The monoisotopic (exact) mass is 260 g/mol. The Morgan fingerprint density at radius 2 is 2.00 bits per heavy atom. The highest BCUT2D eigenvalue weighted by Crippen LogP contribution is 2.35. The van der Waals surface area contributed by atoms with Gasteiger partial charge in [0.15, 0.2) is 0 Å². The zero-order valence-electron chi connectivity index (χ0n) is 6.60. The Hall–Kier alpha value is -0.100. The summed E-state index contributed by atoms with van der Waals surface area (Å²) in [5, 5.41) is 0.205. The van der Waals surface area contributed by atoms with Gasteiger partial charge in [0.25, 0.3) is 0 Å². The fourth-order valence-electron chi connectivity index (χ4n) is 1.22. The van der Waals surface area contributed by atoms with Gasteiger partial charge >= 0.3 is 6.36 Å². The van der Waals surface area contributed by atoms with Gasteiger partial charge in [-0.05, 0) is 12.8 Å². The summed E-state index contributed by atoms with van der Waals surface area (Å²) in [6, 6.07) is 0. The molecule has 0 unspecified atom stereocenters. The molecule has 13 heavy (non-hydrogen) atoms. The Morgan fingerprint density at radius 3 is 2.38 bits per heavy atom. The number of ether oxygens (including phenoxy) is 1. The normalized spacial score (nSPS) is 28.3. The van der Waals surface area contributed by atoms with Gasteiger partial charge in [-0.3, -0.25) is 9.53 Å². The minimum Gasteiger partial charge on any atom is -0.298 e. The summed E-state index contributed by atoms with van der Waals surface area (Å²) in [6.07, 6.45) is -5.03. The number of ketones is 1. The van der Waals surface area contributed by atoms with E-state index in [-0.39, 0.29) is 29.9 Å². The first-order chi connectivity index (χ1) is 5.92. The molecular weight excluding hydrogens is 253 g/mol. The van der Waals surface area contributed by atoms with Crippen LogP contribution in [0.2, 0.25) is 0 Å². The predicted molar refractivity (Wildman–Crippen MR) is 42.5 cm³/mol. The third kappa shape index (κ3) is 3.27. The quantitative estimate of drug-likeness (QED) is 0.728. The van der Waals surface area contributed by atoms with Crippen LogP contribution in [-0.4, -0.2) is 23.6 Å². The first-order valence-electron chi connectivity index (χ1n) is 3.75. The second-order valence-corrected chi connectivity index (χ2v) is 3.51. The first kappa shape index (κ1) is 11.0. The van der Waals surface area contributed by atoms with Crippen molar-refractivity contribution in [2.24, 2.45) is 5.92 Å². The van der Waals surface area contributed by atoms with Gasteiger partial charge in [0.05, 0.1) is 11.4 Å². The number of carbonyl (C=O) groups is 1. The molecule has 0 aliphatic heterocycles. The van der Waals surface area contributed by atoms with Gasteiger partial charge in [-0.25, -0.2) is 0 Å². The molecule has 0 aromatic carbocycles. The summed E-state index contributed by atoms with van der Waals surface area (Å²) in [7, 11) is 0. The van der Waals surface area contributed by atoms with Gasteiger partial charge in [-0.15, -0.1) is 13.2 Å². The van der Waals surface area contributed by atoms with Gasteiger partial charge in [0, 0.05) is 5.92 Å². The number of carbonyl (C=O) groups excluding carboxylic acids is 1. The van der Waals surface area contributed by atoms with Crippen LogP contribution < -0.4 is 0 Å². The molecule has 0 heterocycles. The molecule has 0 aromatic heterocycles. The lowest BCUT2D eigenvalue weighted by molar-refractivity contribution is -0.353. The van der Waals surface area contributed by atoms with Crippen LogP contribution in [0.25, 0.3) is 0 Å². The van der Waals surface area contributed by atoms with E-state index in [1.807, 2.05) is 0 Å². The largest absolute Gasteiger partial charge is 0.522 e. The molecule has 0 saturated heterocycles. The lowest BCUT2D eigenvalue weighted by Gasteiger charge is -2.33. The van der Waals surface area contributed by atoms with Crippen molar-refractivity contribution in [3.8, 4) is 0 Å². The summed E-state index contributed by atoms with van der Waals surface area (Å²) in [4.78, 5) is 10.9. The van der Waals surface area contributed by atoms with Crippen molar-refractivity contribution in [3.05, 3.63) is 0 Å². The summed E-state index contributed by atoms with van der Waals surface area (Å²) in [5.74, 6) is -0.311. The Balaban J connectivity index is 2.22. The van der Waals surface area contributed by atoms with E-state index in [1.165, 1.54) is 0 Å². The van der Waals surface area contributed by atoms with Crippen LogP contribution in [0.3, 0.4) is 0 Å². The maximum absolute atomic E-state index is 11.6. The maximum Gasteiger partial charge on any atom is 0.522 e. The van der Waals surface area contributed by atoms with Crippen molar-refractivity contribution < 1.29 is 22.7 Å². The molecule has 1 fully saturated rings. The minimum atomic E-state index is -4.58. The first-order valence-corrected chi connectivity index (χ1v) is 4.87. The van der Waals surface area contributed by atoms with Gasteiger partial charge in [0.2, 0.25) is 0 Å². The zero-order valence-corrected chi connectivity index (χ0v) is 8.19. The standard InChI is InChI=1S/C7H8BrF3O2/c8-3-6(12)4-1-5(2-4)13-7(9,10)11/h4-5H,1-3H2/t4-,5+. The summed E-state index contributed by atoms with van der Waals surface area (Å²) in [6.45, 7) is 0. The molecular formula is C7H8BrF3O2. The van der Waals surface area contributed by atoms with Crippen molar-refractivity contribution in [2.45, 2.75) is 25.3 Å². The minimum absolute atomic E-state index is 0.0537. The number of halogens is 4. The molecule has 0 bridgehead atoms. The van der Waals surface area contributed by atoms with Crippen molar-refractivity contribution in [1.82, 2.24) is 0 Å². The van der Waals surface area contributed by atoms with Crippen LogP contribution in [0.4, 0.5) is 13.2 Å². The molecule has 0 radical (unpaired) electrons. The molecule has 1 aliphatic rings. The maximum atomic E-state index is 11.6. The van der Waals surface area contributed by atoms with E-state index >= 15 is 0 Å². The molecule has 76 valence electrons. The molecule has 1 saturated carbocycles. The molecule has 0 spiro atoms. The van der Waals surface area contributed by atoms with E-state index < -0.39 is 12.5 Å². The average molecular weight is 261 g/mol. The van der Waals surface area contributed by atoms with Gasteiger partial charge < -0.3 is 0 Å². The van der Waals surface area contributed by atoms with Gasteiger partial charge in [-0.1, -0.05) is 15.9 Å². The Morgan fingerprint density at radius 1 is 1.46 bits per heavy atom. The Kier molecular flexibility index (Phi) is 3.34. The van der Waals surface area contributed by atoms with E-state index in [1.54, 1.807) is 0 Å². The van der Waals surface area contributed by atoms with Crippen LogP contribution in [0.5, 0.6) is 0 Å². The van der Waals surface area contributed by atoms with Crippen molar-refractivity contribution >= 4 is 21.7 Å². The third-order valence-electron chi connectivity index (χ3n) is 1.98. The molecule has 6 heteroatoms. The van der Waals surface area contributed by atoms with Crippen molar-refractivity contribution in [3.63, 3.8) is 0 Å². The fourth-order valence-corrected chi connectivity index (χ4v) is 1.68. The van der Waals surface area contributed by atoms with Crippen LogP contribution in [0, 0.1) is 5.92 Å². The second-order valence-electron chi connectivity index (χ2n) is 2.95. The Labute approximate surface area is 81.6 Å². The molecule has 1 rings (SSSR count). The molecule has 0 atom stereocenters. The number of Topliss-reactive ketones (excluding diaryl/α,β-unsaturated/α-hetero) is 1. The van der Waals surface area contributed by atoms with Crippen LogP contribution in [-0.2, 0) is 9.53 Å². The molecule has 2 nitrogen and oxygen atoms in total. The average Bonchev–Trinajstić information content (AvgIpc) is 1.92. The topological polar surface area (TPSA) is 26.3 Å². The number of hydrogen-bond donors (Lipinski definition) is 0. The SMILES string of the molecule is O=C(CBr)[C@H]1C[C@@H](OC(F)(F)F)C1. The van der Waals surface area contributed by atoms with E-state index in [2.05, 4.69) is 20.7 Å². The highest BCUT2D eigenvalue weighted by Gasteiger charge is 2.42. The smallest absolute Gasteiger partial charge is 0.298 e. The number of alkyl halides is 4. The molecule has 0 N–H and O–H groups in total. The summed E-state index contributed by atoms with van der Waals surface area (Å²) in [5.41, 5.74) is 0. The predicted octanol–water partition coefficient (Wildman–Crippen LogP) is 2.27. The molecule has 0 aromatic rings. The summed E-state index contributed by atoms with van der Waals surface area (Å²) >= 11 is 2.96. The fraction of sp³-hybridized carbons (Fsp3) is 0.857. The lowest BCUT2D eigenvalue weighted by atomic mass is 9.80. The van der Waals surface area contributed by atoms with Crippen LogP contribution in [0.1, 0.15) is 12.8 Å². The van der Waals surface area contributed by atoms with Crippen molar-refractivity contribution in [1.29, 1.82) is 0 Å².